The summed E-state index contributed by atoms with van der Waals surface area (Å²) in [5.41, 5.74) is 4.45. The predicted molar refractivity (Wildman–Crippen MR) is 117 cm³/mol. The summed E-state index contributed by atoms with van der Waals surface area (Å²) in [6, 6.07) is 7.75. The molecule has 0 bridgehead atoms. The maximum Gasteiger partial charge on any atom is 0.252 e. The van der Waals surface area contributed by atoms with E-state index in [1.54, 1.807) is 11.8 Å². The Bertz CT molecular complexity index is 1120. The van der Waals surface area contributed by atoms with Crippen LogP contribution in [0.5, 0.6) is 11.5 Å². The van der Waals surface area contributed by atoms with Crippen LogP contribution >= 0.6 is 0 Å². The van der Waals surface area contributed by atoms with Gasteiger partial charge in [0.1, 0.15) is 5.82 Å². The third-order valence-corrected chi connectivity index (χ3v) is 5.31. The molecule has 4 rings (SSSR count). The Morgan fingerprint density at radius 3 is 2.55 bits per heavy atom. The highest BCUT2D eigenvalue weighted by Crippen LogP contribution is 2.42. The molecule has 0 fully saturated rings. The van der Waals surface area contributed by atoms with Crippen LogP contribution in [0.15, 0.2) is 24.3 Å². The number of amides is 1. The molecule has 31 heavy (non-hydrogen) atoms. The van der Waals surface area contributed by atoms with Gasteiger partial charge in [-0.1, -0.05) is 13.0 Å². The Hall–Kier alpha value is -3.42. The molecule has 3 aromatic rings. The number of carbonyl (C=O) groups is 1. The van der Waals surface area contributed by atoms with Crippen LogP contribution in [0, 0.1) is 20.8 Å². The molecule has 1 aromatic carbocycles. The third kappa shape index (κ3) is 3.97. The van der Waals surface area contributed by atoms with Crippen LogP contribution in [0.25, 0.3) is 5.95 Å². The molecule has 1 amide bonds. The summed E-state index contributed by atoms with van der Waals surface area (Å²) in [5, 5.41) is 7.66. The molecule has 8 heteroatoms. The number of ether oxygens (including phenoxy) is 2. The number of fused-ring (bicyclic) bond motifs is 1. The van der Waals surface area contributed by atoms with E-state index in [0.29, 0.717) is 36.3 Å². The second-order valence-electron chi connectivity index (χ2n) is 7.77. The number of aromatic nitrogens is 4. The van der Waals surface area contributed by atoms with Crippen molar-refractivity contribution in [2.45, 2.75) is 46.5 Å². The van der Waals surface area contributed by atoms with Gasteiger partial charge >= 0.3 is 0 Å². The molecule has 3 heterocycles. The molecule has 0 saturated heterocycles. The van der Waals surface area contributed by atoms with E-state index in [2.05, 4.69) is 27.3 Å². The summed E-state index contributed by atoms with van der Waals surface area (Å²) in [6.45, 7) is 8.45. The van der Waals surface area contributed by atoms with Gasteiger partial charge < -0.3 is 14.8 Å². The number of nitrogens with one attached hydrogen (secondary N) is 1. The number of methoxy groups -OCH3 is 1. The highest BCUT2D eigenvalue weighted by atomic mass is 16.5. The minimum Gasteiger partial charge on any atom is -0.493 e. The van der Waals surface area contributed by atoms with Crippen LogP contribution in [0.2, 0.25) is 0 Å². The Morgan fingerprint density at radius 1 is 1.13 bits per heavy atom. The van der Waals surface area contributed by atoms with Gasteiger partial charge in [0.05, 0.1) is 19.4 Å². The van der Waals surface area contributed by atoms with Gasteiger partial charge in [-0.05, 0) is 51.0 Å². The van der Waals surface area contributed by atoms with Crippen molar-refractivity contribution in [2.75, 3.05) is 19.0 Å². The average molecular weight is 422 g/mol. The molecular weight excluding hydrogens is 394 g/mol. The minimum absolute atomic E-state index is 0.0756. The second kappa shape index (κ2) is 8.37. The van der Waals surface area contributed by atoms with Crippen LogP contribution in [0.3, 0.4) is 0 Å². The first-order valence-corrected chi connectivity index (χ1v) is 10.4. The molecule has 0 spiro atoms. The van der Waals surface area contributed by atoms with Crippen molar-refractivity contribution in [2.24, 2.45) is 0 Å². The van der Waals surface area contributed by atoms with Gasteiger partial charge in [0.15, 0.2) is 11.5 Å². The lowest BCUT2D eigenvalue weighted by molar-refractivity contribution is -0.116. The number of hydrogen-bond acceptors (Lipinski definition) is 6. The summed E-state index contributed by atoms with van der Waals surface area (Å²) in [6.07, 6.45) is 1.24. The molecule has 1 atom stereocenters. The molecule has 0 saturated carbocycles. The van der Waals surface area contributed by atoms with Crippen LogP contribution in [0.1, 0.15) is 53.9 Å². The van der Waals surface area contributed by atoms with Crippen molar-refractivity contribution in [3.05, 3.63) is 52.5 Å². The smallest absolute Gasteiger partial charge is 0.252 e. The van der Waals surface area contributed by atoms with Gasteiger partial charge in [-0.25, -0.2) is 9.97 Å². The molecule has 162 valence electrons. The van der Waals surface area contributed by atoms with Crippen molar-refractivity contribution >= 4 is 11.7 Å². The number of benzene rings is 1. The summed E-state index contributed by atoms with van der Waals surface area (Å²) < 4.78 is 13.0. The van der Waals surface area contributed by atoms with E-state index in [9.17, 15) is 4.79 Å². The molecule has 1 aliphatic rings. The van der Waals surface area contributed by atoms with E-state index < -0.39 is 0 Å². The number of aryl methyl sites for hydroxylation is 3. The molecule has 0 aliphatic carbocycles. The maximum absolute atomic E-state index is 12.6. The maximum atomic E-state index is 12.6. The van der Waals surface area contributed by atoms with Crippen molar-refractivity contribution in [3.8, 4) is 17.4 Å². The normalized spacial score (nSPS) is 15.4. The first kappa shape index (κ1) is 20.8. The predicted octanol–water partition coefficient (Wildman–Crippen LogP) is 3.86. The van der Waals surface area contributed by atoms with Crippen LogP contribution in [0.4, 0.5) is 5.82 Å². The van der Waals surface area contributed by atoms with Crippen LogP contribution < -0.4 is 14.8 Å². The van der Waals surface area contributed by atoms with E-state index >= 15 is 0 Å². The summed E-state index contributed by atoms with van der Waals surface area (Å²) >= 11 is 0. The van der Waals surface area contributed by atoms with Gasteiger partial charge in [-0.15, -0.1) is 0 Å². The molecule has 2 aromatic heterocycles. The number of carbonyl (C=O) groups excluding carboxylic acids is 1. The molecule has 8 nitrogen and oxygen atoms in total. The third-order valence-electron chi connectivity index (χ3n) is 5.31. The topological polar surface area (TPSA) is 91.2 Å². The van der Waals surface area contributed by atoms with E-state index in [4.69, 9.17) is 9.47 Å². The van der Waals surface area contributed by atoms with Crippen molar-refractivity contribution in [3.63, 3.8) is 0 Å². The Balaban J connectivity index is 1.80. The zero-order valence-electron chi connectivity index (χ0n) is 18.5. The zero-order chi connectivity index (χ0) is 22.1. The van der Waals surface area contributed by atoms with Gasteiger partial charge in [0, 0.05) is 29.3 Å². The Kier molecular flexibility index (Phi) is 5.63. The standard InChI is InChI=1S/C23H27N5O3/c1-6-9-31-18-8-7-16(11-19(18)30-5)17-12-20(29)26-22-21(17)15(4)27-28(22)23-24-13(2)10-14(3)25-23/h7-8,10-11,17H,6,9,12H2,1-5H3,(H,26,29)/t17-/m1/s1. The molecule has 1 aliphatic heterocycles. The number of rotatable bonds is 6. The lowest BCUT2D eigenvalue weighted by atomic mass is 9.85. The van der Waals surface area contributed by atoms with E-state index in [0.717, 1.165) is 34.6 Å². The van der Waals surface area contributed by atoms with Gasteiger partial charge in [-0.3, -0.25) is 4.79 Å². The zero-order valence-corrected chi connectivity index (χ0v) is 18.5. The monoisotopic (exact) mass is 421 g/mol. The van der Waals surface area contributed by atoms with E-state index in [1.165, 1.54) is 0 Å². The molecule has 1 N–H and O–H groups in total. The lowest BCUT2D eigenvalue weighted by Crippen LogP contribution is -2.25. The fourth-order valence-corrected chi connectivity index (χ4v) is 4.01. The SMILES string of the molecule is CCCOc1ccc([C@H]2CC(=O)Nc3c2c(C)nn3-c2nc(C)cc(C)n2)cc1OC. The number of hydrogen-bond donors (Lipinski definition) is 1. The number of anilines is 1. The van der Waals surface area contributed by atoms with E-state index in [-0.39, 0.29) is 11.8 Å². The highest BCUT2D eigenvalue weighted by Gasteiger charge is 2.33. The van der Waals surface area contributed by atoms with Crippen molar-refractivity contribution in [1.29, 1.82) is 0 Å². The largest absolute Gasteiger partial charge is 0.493 e. The van der Waals surface area contributed by atoms with E-state index in [1.807, 2.05) is 45.0 Å². The Morgan fingerprint density at radius 2 is 1.87 bits per heavy atom. The average Bonchev–Trinajstić information content (AvgIpc) is 3.07. The fourth-order valence-electron chi connectivity index (χ4n) is 4.01. The fraction of sp³-hybridized carbons (Fsp3) is 0.391. The molecule has 0 unspecified atom stereocenters. The molecule has 0 radical (unpaired) electrons. The van der Waals surface area contributed by atoms with Gasteiger partial charge in [-0.2, -0.15) is 9.78 Å². The first-order chi connectivity index (χ1) is 14.9. The second-order valence-corrected chi connectivity index (χ2v) is 7.77. The minimum atomic E-state index is -0.155. The lowest BCUT2D eigenvalue weighted by Gasteiger charge is -2.25. The summed E-state index contributed by atoms with van der Waals surface area (Å²) in [5.74, 6) is 2.19. The van der Waals surface area contributed by atoms with Crippen molar-refractivity contribution < 1.29 is 14.3 Å². The summed E-state index contributed by atoms with van der Waals surface area (Å²) in [4.78, 5) is 21.7. The van der Waals surface area contributed by atoms with Gasteiger partial charge in [0.2, 0.25) is 5.91 Å². The van der Waals surface area contributed by atoms with Crippen LogP contribution in [-0.4, -0.2) is 39.4 Å². The number of nitrogens with zero attached hydrogens (tertiary/aromatic N) is 4. The molecular formula is C23H27N5O3. The van der Waals surface area contributed by atoms with Crippen LogP contribution in [-0.2, 0) is 4.79 Å². The van der Waals surface area contributed by atoms with Gasteiger partial charge in [0.25, 0.3) is 5.95 Å². The first-order valence-electron chi connectivity index (χ1n) is 10.4. The Labute approximate surface area is 181 Å². The quantitative estimate of drug-likeness (QED) is 0.650. The highest BCUT2D eigenvalue weighted by molar-refractivity contribution is 5.95. The van der Waals surface area contributed by atoms with Crippen molar-refractivity contribution in [1.82, 2.24) is 19.7 Å². The summed E-state index contributed by atoms with van der Waals surface area (Å²) in [7, 11) is 1.62.